The molecule has 0 radical (unpaired) electrons. The highest BCUT2D eigenvalue weighted by atomic mass is 17.2. The van der Waals surface area contributed by atoms with E-state index >= 15 is 0 Å². The third-order valence-corrected chi connectivity index (χ3v) is 4.25. The highest BCUT2D eigenvalue weighted by Crippen LogP contribution is 2.25. The van der Waals surface area contributed by atoms with Crippen LogP contribution in [0.1, 0.15) is 54.8 Å². The number of hydrogen-bond donors (Lipinski definition) is 0. The van der Waals surface area contributed by atoms with Crippen molar-refractivity contribution >= 4 is 11.9 Å². The number of carbonyl (C=O) groups is 2. The molecule has 2 rings (SSSR count). The summed E-state index contributed by atoms with van der Waals surface area (Å²) in [6.07, 6.45) is 0.138. The van der Waals surface area contributed by atoms with Crippen LogP contribution in [0.25, 0.3) is 0 Å². The predicted octanol–water partition coefficient (Wildman–Crippen LogP) is 4.76. The lowest BCUT2D eigenvalue weighted by Gasteiger charge is -2.28. The first-order valence-corrected chi connectivity index (χ1v) is 9.16. The zero-order chi connectivity index (χ0) is 20.6. The van der Waals surface area contributed by atoms with Crippen LogP contribution in [-0.2, 0) is 19.6 Å². The molecule has 2 aromatic carbocycles. The van der Waals surface area contributed by atoms with Gasteiger partial charge in [-0.1, -0.05) is 43.3 Å². The molecule has 2 unspecified atom stereocenters. The normalized spacial score (nSPS) is 13.4. The van der Waals surface area contributed by atoms with Crippen LogP contribution < -0.4 is 0 Å². The van der Waals surface area contributed by atoms with Gasteiger partial charge in [-0.2, -0.15) is 9.78 Å². The second-order valence-corrected chi connectivity index (χ2v) is 7.30. The van der Waals surface area contributed by atoms with Gasteiger partial charge in [-0.15, -0.1) is 0 Å². The van der Waals surface area contributed by atoms with Crippen molar-refractivity contribution in [2.75, 3.05) is 0 Å². The van der Waals surface area contributed by atoms with Gasteiger partial charge in [0.05, 0.1) is 11.1 Å². The van der Waals surface area contributed by atoms with E-state index in [1.807, 2.05) is 32.9 Å². The molecule has 0 saturated heterocycles. The van der Waals surface area contributed by atoms with Crippen LogP contribution in [0.4, 0.5) is 0 Å². The summed E-state index contributed by atoms with van der Waals surface area (Å²) in [6.45, 7) is 7.36. The SMILES string of the molecule is CC(CC(C)(C)OOC(=O)c1ccccc1)C(C)OOC(=O)c1ccccc1. The molecule has 0 bridgehead atoms. The van der Waals surface area contributed by atoms with E-state index in [9.17, 15) is 9.59 Å². The van der Waals surface area contributed by atoms with Crippen LogP contribution in [0.2, 0.25) is 0 Å². The highest BCUT2D eigenvalue weighted by Gasteiger charge is 2.29. The first-order chi connectivity index (χ1) is 13.3. The maximum atomic E-state index is 12.0. The average molecular weight is 386 g/mol. The summed E-state index contributed by atoms with van der Waals surface area (Å²) in [4.78, 5) is 44.4. The van der Waals surface area contributed by atoms with E-state index in [4.69, 9.17) is 19.6 Å². The van der Waals surface area contributed by atoms with E-state index in [0.29, 0.717) is 17.5 Å². The van der Waals surface area contributed by atoms with E-state index in [1.54, 1.807) is 55.5 Å². The maximum Gasteiger partial charge on any atom is 0.373 e. The Hall–Kier alpha value is -2.70. The quantitative estimate of drug-likeness (QED) is 0.457. The zero-order valence-electron chi connectivity index (χ0n) is 16.6. The van der Waals surface area contributed by atoms with Crippen molar-refractivity contribution in [3.63, 3.8) is 0 Å². The van der Waals surface area contributed by atoms with Gasteiger partial charge >= 0.3 is 11.9 Å². The molecule has 6 heteroatoms. The summed E-state index contributed by atoms with van der Waals surface area (Å²) in [6, 6.07) is 17.2. The summed E-state index contributed by atoms with van der Waals surface area (Å²) in [5, 5.41) is 0. The smallest absolute Gasteiger partial charge is 0.293 e. The third kappa shape index (κ3) is 6.79. The van der Waals surface area contributed by atoms with E-state index in [0.717, 1.165) is 0 Å². The van der Waals surface area contributed by atoms with Gasteiger partial charge in [-0.25, -0.2) is 9.59 Å². The van der Waals surface area contributed by atoms with Gasteiger partial charge in [-0.05, 0) is 57.4 Å². The van der Waals surface area contributed by atoms with Crippen molar-refractivity contribution in [2.24, 2.45) is 5.92 Å². The van der Waals surface area contributed by atoms with Crippen molar-refractivity contribution in [3.05, 3.63) is 71.8 Å². The van der Waals surface area contributed by atoms with Crippen LogP contribution in [0.5, 0.6) is 0 Å². The molecule has 0 aliphatic carbocycles. The monoisotopic (exact) mass is 386 g/mol. The minimum Gasteiger partial charge on any atom is -0.293 e. The molecule has 6 nitrogen and oxygen atoms in total. The lowest BCUT2D eigenvalue weighted by atomic mass is 9.91. The van der Waals surface area contributed by atoms with Gasteiger partial charge in [0.25, 0.3) is 0 Å². The number of benzene rings is 2. The van der Waals surface area contributed by atoms with Crippen LogP contribution in [0.15, 0.2) is 60.7 Å². The molecule has 0 spiro atoms. The van der Waals surface area contributed by atoms with Crippen molar-refractivity contribution in [3.8, 4) is 0 Å². The Morgan fingerprint density at radius 3 is 1.79 bits per heavy atom. The minimum absolute atomic E-state index is 0.0333. The Balaban J connectivity index is 1.78. The van der Waals surface area contributed by atoms with Gasteiger partial charge < -0.3 is 0 Å². The van der Waals surface area contributed by atoms with Gasteiger partial charge in [0.2, 0.25) is 0 Å². The molecule has 0 saturated carbocycles. The van der Waals surface area contributed by atoms with Crippen molar-refractivity contribution in [2.45, 2.75) is 45.8 Å². The first-order valence-electron chi connectivity index (χ1n) is 9.16. The molecule has 0 N–H and O–H groups in total. The molecular formula is C22H26O6. The third-order valence-electron chi connectivity index (χ3n) is 4.25. The zero-order valence-corrected chi connectivity index (χ0v) is 16.6. The van der Waals surface area contributed by atoms with Gasteiger partial charge in [0.1, 0.15) is 11.7 Å². The predicted molar refractivity (Wildman–Crippen MR) is 103 cm³/mol. The summed E-state index contributed by atoms with van der Waals surface area (Å²) >= 11 is 0. The second-order valence-electron chi connectivity index (χ2n) is 7.30. The lowest BCUT2D eigenvalue weighted by Crippen LogP contribution is -2.32. The summed E-state index contributed by atoms with van der Waals surface area (Å²) in [5.74, 6) is -1.14. The van der Waals surface area contributed by atoms with Gasteiger partial charge in [0, 0.05) is 0 Å². The highest BCUT2D eigenvalue weighted by molar-refractivity contribution is 5.89. The molecule has 0 aliphatic heterocycles. The standard InChI is InChI=1S/C22H26O6/c1-16(17(2)25-26-20(23)18-11-7-5-8-12-18)15-22(3,4)28-27-21(24)19-13-9-6-10-14-19/h5-14,16-17H,15H2,1-4H3. The summed E-state index contributed by atoms with van der Waals surface area (Å²) < 4.78 is 0. The van der Waals surface area contributed by atoms with E-state index in [-0.39, 0.29) is 12.0 Å². The van der Waals surface area contributed by atoms with Crippen LogP contribution in [0.3, 0.4) is 0 Å². The molecule has 0 amide bonds. The Labute approximate surface area is 165 Å². The fraction of sp³-hybridized carbons (Fsp3) is 0.364. The first kappa shape index (κ1) is 21.6. The maximum absolute atomic E-state index is 12.0. The van der Waals surface area contributed by atoms with Crippen LogP contribution in [0, 0.1) is 5.92 Å². The fourth-order valence-electron chi connectivity index (χ4n) is 2.59. The number of carbonyl (C=O) groups excluding carboxylic acids is 2. The van der Waals surface area contributed by atoms with Gasteiger partial charge in [0.15, 0.2) is 0 Å². The summed E-state index contributed by atoms with van der Waals surface area (Å²) in [7, 11) is 0. The molecule has 28 heavy (non-hydrogen) atoms. The van der Waals surface area contributed by atoms with E-state index in [1.165, 1.54) is 0 Å². The molecule has 0 aromatic heterocycles. The summed E-state index contributed by atoms with van der Waals surface area (Å²) in [5.41, 5.74) is 0.0833. The Morgan fingerprint density at radius 2 is 1.29 bits per heavy atom. The Bertz CT molecular complexity index is 757. The molecule has 2 atom stereocenters. The molecular weight excluding hydrogens is 360 g/mol. The van der Waals surface area contributed by atoms with Crippen molar-refractivity contribution < 1.29 is 29.1 Å². The molecule has 0 heterocycles. The molecule has 150 valence electrons. The molecule has 0 fully saturated rings. The fourth-order valence-corrected chi connectivity index (χ4v) is 2.59. The molecule has 0 aliphatic rings. The van der Waals surface area contributed by atoms with Gasteiger partial charge in [-0.3, -0.25) is 9.78 Å². The number of hydrogen-bond acceptors (Lipinski definition) is 6. The number of rotatable bonds is 9. The Morgan fingerprint density at radius 1 is 0.821 bits per heavy atom. The molecule has 2 aromatic rings. The Kier molecular flexibility index (Phi) is 7.72. The van der Waals surface area contributed by atoms with E-state index < -0.39 is 17.5 Å². The topological polar surface area (TPSA) is 71.1 Å². The largest absolute Gasteiger partial charge is 0.373 e. The van der Waals surface area contributed by atoms with Crippen LogP contribution in [-0.4, -0.2) is 23.6 Å². The van der Waals surface area contributed by atoms with E-state index in [2.05, 4.69) is 0 Å². The second kappa shape index (κ2) is 10.0. The average Bonchev–Trinajstić information content (AvgIpc) is 2.71. The van der Waals surface area contributed by atoms with Crippen molar-refractivity contribution in [1.82, 2.24) is 0 Å². The lowest BCUT2D eigenvalue weighted by molar-refractivity contribution is -0.318. The van der Waals surface area contributed by atoms with Crippen LogP contribution >= 0.6 is 0 Å². The minimum atomic E-state index is -0.745. The van der Waals surface area contributed by atoms with Crippen molar-refractivity contribution in [1.29, 1.82) is 0 Å².